The van der Waals surface area contributed by atoms with E-state index >= 15 is 0 Å². The minimum atomic E-state index is -0.180. The Kier molecular flexibility index (Phi) is 2.52. The molecule has 2 N–H and O–H groups in total. The molecule has 0 aromatic carbocycles. The zero-order valence-corrected chi connectivity index (χ0v) is 8.96. The van der Waals surface area contributed by atoms with Crippen LogP contribution in [0.15, 0.2) is 0 Å². The van der Waals surface area contributed by atoms with Crippen molar-refractivity contribution in [3.8, 4) is 0 Å². The summed E-state index contributed by atoms with van der Waals surface area (Å²) in [4.78, 5) is 13.7. The number of nitrogens with zero attached hydrogens (tertiary/aromatic N) is 1. The van der Waals surface area contributed by atoms with Crippen molar-refractivity contribution in [2.45, 2.75) is 56.5 Å². The van der Waals surface area contributed by atoms with Crippen LogP contribution in [0.25, 0.3) is 0 Å². The Balaban J connectivity index is 1.86. The first kappa shape index (κ1) is 9.97. The van der Waals surface area contributed by atoms with Crippen LogP contribution in [0.5, 0.6) is 0 Å². The Labute approximate surface area is 85.6 Å². The molecule has 2 aliphatic rings. The van der Waals surface area contributed by atoms with Gasteiger partial charge in [0, 0.05) is 25.0 Å². The highest BCUT2D eigenvalue weighted by atomic mass is 16.2. The number of hydrogen-bond acceptors (Lipinski definition) is 2. The molecule has 0 spiro atoms. The molecule has 0 aromatic heterocycles. The van der Waals surface area contributed by atoms with Gasteiger partial charge in [-0.05, 0) is 25.7 Å². The summed E-state index contributed by atoms with van der Waals surface area (Å²) in [5, 5.41) is 0. The molecule has 2 rings (SSSR count). The molecule has 2 saturated carbocycles. The third-order valence-corrected chi connectivity index (χ3v) is 3.59. The molecule has 2 aliphatic carbocycles. The molecule has 1 amide bonds. The molecule has 0 aliphatic heterocycles. The van der Waals surface area contributed by atoms with E-state index in [1.54, 1.807) is 0 Å². The summed E-state index contributed by atoms with van der Waals surface area (Å²) in [6.45, 7) is 0. The average molecular weight is 196 g/mol. The summed E-state index contributed by atoms with van der Waals surface area (Å²) >= 11 is 0. The predicted molar refractivity (Wildman–Crippen MR) is 55.8 cm³/mol. The van der Waals surface area contributed by atoms with Gasteiger partial charge in [-0.1, -0.05) is 12.8 Å². The monoisotopic (exact) mass is 196 g/mol. The molecule has 3 heteroatoms. The second kappa shape index (κ2) is 3.54. The van der Waals surface area contributed by atoms with Gasteiger partial charge < -0.3 is 10.6 Å². The Bertz CT molecular complexity index is 229. The number of carbonyl (C=O) groups is 1. The first-order chi connectivity index (χ1) is 6.61. The molecule has 0 unspecified atom stereocenters. The molecule has 0 radical (unpaired) electrons. The molecule has 14 heavy (non-hydrogen) atoms. The normalized spacial score (nSPS) is 25.0. The largest absolute Gasteiger partial charge is 0.343 e. The highest BCUT2D eigenvalue weighted by Crippen LogP contribution is 2.32. The van der Waals surface area contributed by atoms with Crippen LogP contribution in [0.1, 0.15) is 44.9 Å². The van der Waals surface area contributed by atoms with Gasteiger partial charge in [-0.25, -0.2) is 0 Å². The second-order valence-electron chi connectivity index (χ2n) is 4.98. The zero-order chi connectivity index (χ0) is 10.2. The Morgan fingerprint density at radius 3 is 2.50 bits per heavy atom. The number of amides is 1. The Morgan fingerprint density at radius 2 is 2.00 bits per heavy atom. The highest BCUT2D eigenvalue weighted by molar-refractivity contribution is 5.77. The van der Waals surface area contributed by atoms with Crippen molar-refractivity contribution in [3.63, 3.8) is 0 Å². The van der Waals surface area contributed by atoms with Crippen molar-refractivity contribution in [2.75, 3.05) is 7.05 Å². The zero-order valence-electron chi connectivity index (χ0n) is 8.96. The average Bonchev–Trinajstić information content (AvgIpc) is 2.89. The highest BCUT2D eigenvalue weighted by Gasteiger charge is 2.36. The van der Waals surface area contributed by atoms with E-state index in [1.165, 1.54) is 25.7 Å². The summed E-state index contributed by atoms with van der Waals surface area (Å²) in [6.07, 6.45) is 7.35. The molecule has 0 saturated heterocycles. The summed E-state index contributed by atoms with van der Waals surface area (Å²) in [5.74, 6) is 0.247. The minimum absolute atomic E-state index is 0.180. The summed E-state index contributed by atoms with van der Waals surface area (Å²) < 4.78 is 0. The molecule has 3 nitrogen and oxygen atoms in total. The first-order valence-corrected chi connectivity index (χ1v) is 5.65. The maximum Gasteiger partial charge on any atom is 0.224 e. The third-order valence-electron chi connectivity index (χ3n) is 3.59. The molecular weight excluding hydrogens is 176 g/mol. The van der Waals surface area contributed by atoms with Crippen molar-refractivity contribution in [1.29, 1.82) is 0 Å². The van der Waals surface area contributed by atoms with Gasteiger partial charge in [0.05, 0.1) is 0 Å². The molecule has 2 fully saturated rings. The van der Waals surface area contributed by atoms with Crippen LogP contribution in [0.2, 0.25) is 0 Å². The van der Waals surface area contributed by atoms with Crippen LogP contribution in [-0.2, 0) is 4.79 Å². The van der Waals surface area contributed by atoms with Crippen molar-refractivity contribution in [1.82, 2.24) is 4.90 Å². The summed E-state index contributed by atoms with van der Waals surface area (Å²) in [7, 11) is 1.91. The lowest BCUT2D eigenvalue weighted by Gasteiger charge is -2.26. The minimum Gasteiger partial charge on any atom is -0.343 e. The van der Waals surface area contributed by atoms with E-state index in [-0.39, 0.29) is 11.4 Å². The Morgan fingerprint density at radius 1 is 1.43 bits per heavy atom. The van der Waals surface area contributed by atoms with E-state index in [0.29, 0.717) is 12.5 Å². The van der Waals surface area contributed by atoms with Crippen LogP contribution >= 0.6 is 0 Å². The lowest BCUT2D eigenvalue weighted by atomic mass is 9.94. The van der Waals surface area contributed by atoms with Gasteiger partial charge in [0.1, 0.15) is 0 Å². The van der Waals surface area contributed by atoms with Crippen LogP contribution in [0.3, 0.4) is 0 Å². The van der Waals surface area contributed by atoms with Crippen molar-refractivity contribution in [3.05, 3.63) is 0 Å². The number of hydrogen-bond donors (Lipinski definition) is 1. The summed E-state index contributed by atoms with van der Waals surface area (Å²) in [6, 6.07) is 0.521. The Hall–Kier alpha value is -0.570. The molecule has 0 aromatic rings. The van der Waals surface area contributed by atoms with E-state index in [4.69, 9.17) is 5.73 Å². The van der Waals surface area contributed by atoms with Crippen molar-refractivity contribution in [2.24, 2.45) is 5.73 Å². The molecule has 0 bridgehead atoms. The van der Waals surface area contributed by atoms with Gasteiger partial charge in [0.25, 0.3) is 0 Å². The fraction of sp³-hybridized carbons (Fsp3) is 0.909. The summed E-state index contributed by atoms with van der Waals surface area (Å²) in [5.41, 5.74) is 5.99. The number of nitrogens with two attached hydrogens (primary N) is 1. The van der Waals surface area contributed by atoms with Gasteiger partial charge in [0.15, 0.2) is 0 Å². The lowest BCUT2D eigenvalue weighted by Crippen LogP contribution is -2.43. The fourth-order valence-corrected chi connectivity index (χ4v) is 2.35. The quantitative estimate of drug-likeness (QED) is 0.739. The maximum atomic E-state index is 11.8. The standard InChI is InChI=1S/C11H20N2O/c1-13(9-4-5-9)10(14)8-11(12)6-2-3-7-11/h9H,2-8,12H2,1H3. The van der Waals surface area contributed by atoms with Gasteiger partial charge in [-0.3, -0.25) is 4.79 Å². The van der Waals surface area contributed by atoms with Gasteiger partial charge in [-0.15, -0.1) is 0 Å². The van der Waals surface area contributed by atoms with Gasteiger partial charge >= 0.3 is 0 Å². The van der Waals surface area contributed by atoms with Crippen LogP contribution in [0, 0.1) is 0 Å². The van der Waals surface area contributed by atoms with Crippen molar-refractivity contribution < 1.29 is 4.79 Å². The van der Waals surface area contributed by atoms with E-state index in [9.17, 15) is 4.79 Å². The van der Waals surface area contributed by atoms with Crippen LogP contribution in [0.4, 0.5) is 0 Å². The van der Waals surface area contributed by atoms with E-state index in [2.05, 4.69) is 0 Å². The maximum absolute atomic E-state index is 11.8. The van der Waals surface area contributed by atoms with E-state index in [1.807, 2.05) is 11.9 Å². The molecular formula is C11H20N2O. The van der Waals surface area contributed by atoms with Crippen LogP contribution < -0.4 is 5.73 Å². The number of carbonyl (C=O) groups excluding carboxylic acids is 1. The third kappa shape index (κ3) is 2.08. The SMILES string of the molecule is CN(C(=O)CC1(N)CCCC1)C1CC1. The molecule has 0 atom stereocenters. The molecule has 80 valence electrons. The van der Waals surface area contributed by atoms with Gasteiger partial charge in [0.2, 0.25) is 5.91 Å². The van der Waals surface area contributed by atoms with Crippen molar-refractivity contribution >= 4 is 5.91 Å². The first-order valence-electron chi connectivity index (χ1n) is 5.65. The fourth-order valence-electron chi connectivity index (χ4n) is 2.35. The van der Waals surface area contributed by atoms with Crippen LogP contribution in [-0.4, -0.2) is 29.4 Å². The van der Waals surface area contributed by atoms with E-state index in [0.717, 1.165) is 12.8 Å². The topological polar surface area (TPSA) is 46.3 Å². The number of rotatable bonds is 3. The molecule has 0 heterocycles. The van der Waals surface area contributed by atoms with Gasteiger partial charge in [-0.2, -0.15) is 0 Å². The predicted octanol–water partition coefficient (Wildman–Crippen LogP) is 1.27. The van der Waals surface area contributed by atoms with E-state index < -0.39 is 0 Å². The smallest absolute Gasteiger partial charge is 0.224 e. The lowest BCUT2D eigenvalue weighted by molar-refractivity contribution is -0.131. The second-order valence-corrected chi connectivity index (χ2v) is 4.98.